The Morgan fingerprint density at radius 2 is 0.577 bits per heavy atom. The van der Waals surface area contributed by atoms with E-state index in [0.717, 1.165) is 25.7 Å². The summed E-state index contributed by atoms with van der Waals surface area (Å²) < 4.78 is 5.44. The Bertz CT molecular complexity index is 2880. The van der Waals surface area contributed by atoms with Crippen LogP contribution in [0.3, 0.4) is 0 Å². The van der Waals surface area contributed by atoms with Gasteiger partial charge in [-0.2, -0.15) is 0 Å². The van der Waals surface area contributed by atoms with E-state index >= 15 is 0 Å². The molecule has 0 unspecified atom stereocenters. The van der Waals surface area contributed by atoms with Crippen molar-refractivity contribution in [2.45, 2.75) is 218 Å². The van der Waals surface area contributed by atoms with Gasteiger partial charge < -0.3 is 0 Å². The van der Waals surface area contributed by atoms with E-state index in [1.807, 2.05) is 22.7 Å². The van der Waals surface area contributed by atoms with Gasteiger partial charge >= 0.3 is 0 Å². The van der Waals surface area contributed by atoms with Crippen molar-refractivity contribution in [2.24, 2.45) is 0 Å². The predicted octanol–water partition coefficient (Wildman–Crippen LogP) is 24.9. The van der Waals surface area contributed by atoms with Crippen LogP contribution in [0, 0.1) is 0 Å². The molecule has 2 aliphatic carbocycles. The van der Waals surface area contributed by atoms with Crippen LogP contribution in [0.1, 0.15) is 249 Å². The van der Waals surface area contributed by atoms with Gasteiger partial charge in [-0.1, -0.05) is 253 Å². The summed E-state index contributed by atoms with van der Waals surface area (Å²) in [6.45, 7) is 9.29. The van der Waals surface area contributed by atoms with Gasteiger partial charge in [0.2, 0.25) is 0 Å². The summed E-state index contributed by atoms with van der Waals surface area (Å²) in [5.74, 6) is 0. The smallest absolute Gasteiger partial charge is 0.0745 e. The van der Waals surface area contributed by atoms with Crippen molar-refractivity contribution >= 4 is 86.6 Å². The van der Waals surface area contributed by atoms with Crippen LogP contribution in [-0.2, 0) is 36.5 Å². The number of aryl methyl sites for hydroxylation is 4. The fourth-order valence-electron chi connectivity index (χ4n) is 13.6. The van der Waals surface area contributed by atoms with Crippen molar-refractivity contribution in [1.82, 2.24) is 0 Å². The van der Waals surface area contributed by atoms with Crippen molar-refractivity contribution < 1.29 is 0 Å². The van der Waals surface area contributed by atoms with E-state index in [-0.39, 0.29) is 0 Å². The molecule has 0 saturated heterocycles. The number of thiophene rings is 4. The number of hydrogen-bond donors (Lipinski definition) is 0. The summed E-state index contributed by atoms with van der Waals surface area (Å²) in [5.41, 5.74) is 16.7. The number of halogens is 2. The average Bonchev–Trinajstić information content (AvgIpc) is 4.47. The molecule has 4 heterocycles. The molecular formula is C72H86Br2S4. The van der Waals surface area contributed by atoms with Gasteiger partial charge in [-0.25, -0.2) is 0 Å². The monoisotopic (exact) mass is 1240 g/mol. The molecule has 78 heavy (non-hydrogen) atoms. The Morgan fingerprint density at radius 3 is 0.859 bits per heavy atom. The molecule has 0 spiro atoms. The summed E-state index contributed by atoms with van der Waals surface area (Å²) in [6.07, 6.45) is 36.1. The third kappa shape index (κ3) is 12.0. The molecular weight excluding hydrogens is 1150 g/mol. The molecule has 0 nitrogen and oxygen atoms in total. The predicted molar refractivity (Wildman–Crippen MR) is 354 cm³/mol. The topological polar surface area (TPSA) is 0 Å². The summed E-state index contributed by atoms with van der Waals surface area (Å²) in [4.78, 5) is 5.85. The van der Waals surface area contributed by atoms with Gasteiger partial charge in [-0.15, -0.1) is 45.3 Å². The highest BCUT2D eigenvalue weighted by Gasteiger charge is 2.55. The number of unbranched alkanes of at least 4 members (excludes halogenated alkanes) is 20. The fourth-order valence-corrected chi connectivity index (χ4v) is 20.3. The van der Waals surface area contributed by atoms with Crippen molar-refractivity contribution in [3.8, 4) is 19.5 Å². The third-order valence-corrected chi connectivity index (χ3v) is 23.8. The van der Waals surface area contributed by atoms with Gasteiger partial charge in [0.25, 0.3) is 0 Å². The van der Waals surface area contributed by atoms with Crippen LogP contribution in [-0.4, -0.2) is 0 Å². The van der Waals surface area contributed by atoms with Gasteiger partial charge in [0.15, 0.2) is 0 Å². The molecule has 0 N–H and O–H groups in total. The molecule has 0 aliphatic heterocycles. The van der Waals surface area contributed by atoms with E-state index < -0.39 is 10.8 Å². The Hall–Kier alpha value is -3.10. The van der Waals surface area contributed by atoms with Crippen LogP contribution in [0.25, 0.3) is 28.9 Å². The van der Waals surface area contributed by atoms with Gasteiger partial charge in [0.05, 0.1) is 47.3 Å². The number of benzene rings is 4. The van der Waals surface area contributed by atoms with Gasteiger partial charge in [-0.05, 0) is 151 Å². The largest absolute Gasteiger partial charge is 0.133 e. The molecule has 0 radical (unpaired) electrons. The zero-order valence-corrected chi connectivity index (χ0v) is 54.0. The van der Waals surface area contributed by atoms with Crippen LogP contribution >= 0.6 is 77.2 Å². The molecule has 8 aromatic rings. The lowest BCUT2D eigenvalue weighted by Crippen LogP contribution is -2.29. The Morgan fingerprint density at radius 1 is 0.308 bits per heavy atom. The molecule has 0 atom stereocenters. The highest BCUT2D eigenvalue weighted by atomic mass is 79.9. The fraction of sp³-hybridized carbons (Fsp3) is 0.472. The van der Waals surface area contributed by atoms with Crippen LogP contribution < -0.4 is 0 Å². The molecule has 0 bridgehead atoms. The summed E-state index contributed by atoms with van der Waals surface area (Å²) in [6, 6.07) is 44.9. The molecule has 10 rings (SSSR count). The zero-order valence-electron chi connectivity index (χ0n) is 47.6. The van der Waals surface area contributed by atoms with E-state index in [0.29, 0.717) is 0 Å². The highest BCUT2D eigenvalue weighted by molar-refractivity contribution is 9.11. The quantitative estimate of drug-likeness (QED) is 0.0369. The summed E-state index contributed by atoms with van der Waals surface area (Å²) >= 11 is 16.4. The Balaban J connectivity index is 1.17. The maximum Gasteiger partial charge on any atom is 0.0745 e. The van der Waals surface area contributed by atoms with Crippen molar-refractivity contribution in [3.05, 3.63) is 184 Å². The molecule has 0 fully saturated rings. The number of hydrogen-bond acceptors (Lipinski definition) is 4. The van der Waals surface area contributed by atoms with Crippen LogP contribution in [0.15, 0.2) is 117 Å². The van der Waals surface area contributed by atoms with Gasteiger partial charge in [-0.3, -0.25) is 0 Å². The lowest BCUT2D eigenvalue weighted by molar-refractivity contribution is 0.607. The maximum absolute atomic E-state index is 4.14. The van der Waals surface area contributed by atoms with E-state index in [9.17, 15) is 0 Å². The number of fused-ring (bicyclic) bond motifs is 9. The average molecular weight is 1240 g/mol. The molecule has 6 heteroatoms. The standard InChI is InChI=1S/C72H86Br2S4/c1-5-9-13-17-21-25-33-51-37-29-41-55(45-51)71(56-42-30-38-52(46-56)34-26-22-18-14-10-6-2)59-49-61(73)75-65(59)67-63(71)69-70(77-67)64-68(78-69)66-60(50-62(74)76-66)72(64,57-43-31-39-53(47-57)35-27-23-19-15-11-7-3)58-44-32-40-54(48-58)36-28-24-20-16-12-8-4/h29-32,37-50H,5-28,33-36H2,1-4H3. The van der Waals surface area contributed by atoms with E-state index in [4.69, 9.17) is 0 Å². The zero-order chi connectivity index (χ0) is 53.9. The lowest BCUT2D eigenvalue weighted by Gasteiger charge is -2.34. The van der Waals surface area contributed by atoms with E-state index in [1.165, 1.54) is 257 Å². The van der Waals surface area contributed by atoms with E-state index in [2.05, 4.69) is 191 Å². The van der Waals surface area contributed by atoms with Crippen molar-refractivity contribution in [3.63, 3.8) is 0 Å². The molecule has 4 aromatic heterocycles. The number of rotatable bonds is 32. The summed E-state index contributed by atoms with van der Waals surface area (Å²) in [5, 5.41) is 0. The van der Waals surface area contributed by atoms with Crippen molar-refractivity contribution in [1.29, 1.82) is 0 Å². The molecule has 4 aromatic carbocycles. The normalized spacial score (nSPS) is 13.9. The van der Waals surface area contributed by atoms with E-state index in [1.54, 1.807) is 0 Å². The Labute approximate surface area is 503 Å². The van der Waals surface area contributed by atoms with Gasteiger partial charge in [0.1, 0.15) is 0 Å². The second-order valence-corrected chi connectivity index (χ2v) is 30.1. The molecule has 0 saturated carbocycles. The SMILES string of the molecule is CCCCCCCCc1cccc(C2(c3cccc(CCCCCCCC)c3)c3cc(Br)sc3-c3sc4c5c(sc4c32)-c2sc(Br)cc2C5(c2cccc(CCCCCCCC)c2)c2cccc(CCCCCCCC)c2)c1. The minimum Gasteiger partial charge on any atom is -0.133 e. The molecule has 412 valence electrons. The second-order valence-electron chi connectivity index (χ2n) is 23.2. The maximum atomic E-state index is 4.14. The van der Waals surface area contributed by atoms with Crippen LogP contribution in [0.4, 0.5) is 0 Å². The first kappa shape index (κ1) is 58.1. The summed E-state index contributed by atoms with van der Waals surface area (Å²) in [7, 11) is 0. The third-order valence-electron chi connectivity index (χ3n) is 17.6. The first-order chi connectivity index (χ1) is 38.4. The van der Waals surface area contributed by atoms with Crippen LogP contribution in [0.5, 0.6) is 0 Å². The van der Waals surface area contributed by atoms with Crippen LogP contribution in [0.2, 0.25) is 0 Å². The lowest BCUT2D eigenvalue weighted by atomic mass is 9.66. The second kappa shape index (κ2) is 27.8. The first-order valence-corrected chi connectivity index (χ1v) is 35.8. The molecule has 0 amide bonds. The minimum atomic E-state index is -0.464. The van der Waals surface area contributed by atoms with Gasteiger partial charge in [0, 0.05) is 11.1 Å². The highest BCUT2D eigenvalue weighted by Crippen LogP contribution is 2.70. The van der Waals surface area contributed by atoms with Crippen molar-refractivity contribution in [2.75, 3.05) is 0 Å². The first-order valence-electron chi connectivity index (χ1n) is 30.9. The minimum absolute atomic E-state index is 0.464. The molecule has 2 aliphatic rings. The Kier molecular flexibility index (Phi) is 20.7.